The standard InChI is InChI=1S/C12H15F2NO4/c1-12(17,10(16)18-2)7-15-8-5-3-4-6-9(8)19-11(13)14/h3-6,11,15,17H,7H2,1-2H3. The molecule has 1 aromatic rings. The molecule has 1 atom stereocenters. The monoisotopic (exact) mass is 275 g/mol. The summed E-state index contributed by atoms with van der Waals surface area (Å²) in [6.07, 6.45) is 0. The number of hydrogen-bond acceptors (Lipinski definition) is 5. The van der Waals surface area contributed by atoms with Gasteiger partial charge in [-0.2, -0.15) is 8.78 Å². The molecule has 1 rings (SSSR count). The highest BCUT2D eigenvalue weighted by Crippen LogP contribution is 2.26. The lowest BCUT2D eigenvalue weighted by molar-refractivity contribution is -0.158. The van der Waals surface area contributed by atoms with Gasteiger partial charge >= 0.3 is 12.6 Å². The Kier molecular flexibility index (Phi) is 5.05. The molecule has 0 aliphatic heterocycles. The van der Waals surface area contributed by atoms with Gasteiger partial charge in [-0.25, -0.2) is 4.79 Å². The van der Waals surface area contributed by atoms with Crippen LogP contribution in [-0.2, 0) is 9.53 Å². The summed E-state index contributed by atoms with van der Waals surface area (Å²) in [5.41, 5.74) is -1.53. The summed E-state index contributed by atoms with van der Waals surface area (Å²) >= 11 is 0. The third kappa shape index (κ3) is 4.36. The molecule has 0 amide bonds. The molecule has 0 aliphatic carbocycles. The number of aliphatic hydroxyl groups is 1. The summed E-state index contributed by atoms with van der Waals surface area (Å²) in [6, 6.07) is 5.97. The average Bonchev–Trinajstić information content (AvgIpc) is 2.36. The first-order chi connectivity index (χ1) is 8.86. The number of nitrogens with one attached hydrogen (secondary N) is 1. The van der Waals surface area contributed by atoms with Crippen LogP contribution in [0, 0.1) is 0 Å². The highest BCUT2D eigenvalue weighted by molar-refractivity contribution is 5.79. The van der Waals surface area contributed by atoms with Crippen molar-refractivity contribution in [2.75, 3.05) is 19.0 Å². The van der Waals surface area contributed by atoms with E-state index in [0.29, 0.717) is 0 Å². The lowest BCUT2D eigenvalue weighted by Crippen LogP contribution is -2.42. The summed E-state index contributed by atoms with van der Waals surface area (Å²) in [4.78, 5) is 11.3. The van der Waals surface area contributed by atoms with Crippen LogP contribution in [0.5, 0.6) is 5.75 Å². The van der Waals surface area contributed by atoms with Gasteiger partial charge in [-0.05, 0) is 19.1 Å². The molecule has 0 fully saturated rings. The summed E-state index contributed by atoms with van der Waals surface area (Å²) < 4.78 is 33.1. The molecule has 0 bridgehead atoms. The second-order valence-corrected chi connectivity index (χ2v) is 3.99. The molecule has 0 saturated heterocycles. The molecule has 1 aromatic carbocycles. The molecule has 0 aliphatic rings. The van der Waals surface area contributed by atoms with Crippen molar-refractivity contribution in [2.24, 2.45) is 0 Å². The molecule has 7 heteroatoms. The lowest BCUT2D eigenvalue weighted by Gasteiger charge is -2.22. The second kappa shape index (κ2) is 6.33. The summed E-state index contributed by atoms with van der Waals surface area (Å²) in [5, 5.41) is 12.5. The van der Waals surface area contributed by atoms with Gasteiger partial charge in [-0.15, -0.1) is 0 Å². The predicted molar refractivity (Wildman–Crippen MR) is 64.2 cm³/mol. The van der Waals surface area contributed by atoms with E-state index in [1.54, 1.807) is 6.07 Å². The number of carbonyl (C=O) groups is 1. The number of halogens is 2. The third-order valence-electron chi connectivity index (χ3n) is 2.35. The number of hydrogen-bond donors (Lipinski definition) is 2. The van der Waals surface area contributed by atoms with Crippen LogP contribution in [0.4, 0.5) is 14.5 Å². The number of benzene rings is 1. The first-order valence-corrected chi connectivity index (χ1v) is 5.45. The molecule has 2 N–H and O–H groups in total. The number of carbonyl (C=O) groups excluding carboxylic acids is 1. The summed E-state index contributed by atoms with van der Waals surface area (Å²) in [5.74, 6) is -0.898. The van der Waals surface area contributed by atoms with E-state index < -0.39 is 18.2 Å². The average molecular weight is 275 g/mol. The molecule has 1 unspecified atom stereocenters. The van der Waals surface area contributed by atoms with E-state index >= 15 is 0 Å². The molecule has 0 aromatic heterocycles. The minimum atomic E-state index is -2.95. The first-order valence-electron chi connectivity index (χ1n) is 5.45. The molecule has 19 heavy (non-hydrogen) atoms. The van der Waals surface area contributed by atoms with Gasteiger partial charge in [0, 0.05) is 0 Å². The highest BCUT2D eigenvalue weighted by Gasteiger charge is 2.31. The predicted octanol–water partition coefficient (Wildman–Crippen LogP) is 1.62. The lowest BCUT2D eigenvalue weighted by atomic mass is 10.1. The van der Waals surface area contributed by atoms with E-state index in [2.05, 4.69) is 14.8 Å². The van der Waals surface area contributed by atoms with E-state index in [0.717, 1.165) is 7.11 Å². The highest BCUT2D eigenvalue weighted by atomic mass is 19.3. The van der Waals surface area contributed by atoms with Gasteiger partial charge in [0.1, 0.15) is 5.75 Å². The van der Waals surface area contributed by atoms with Crippen LogP contribution in [-0.4, -0.2) is 36.9 Å². The minimum absolute atomic E-state index is 0.0711. The smallest absolute Gasteiger partial charge is 0.387 e. The maximum atomic E-state index is 12.2. The van der Waals surface area contributed by atoms with Gasteiger partial charge in [-0.3, -0.25) is 0 Å². The Morgan fingerprint density at radius 2 is 2.11 bits per heavy atom. The van der Waals surface area contributed by atoms with E-state index in [-0.39, 0.29) is 18.0 Å². The minimum Gasteiger partial charge on any atom is -0.467 e. The van der Waals surface area contributed by atoms with Crippen LogP contribution in [0.1, 0.15) is 6.92 Å². The largest absolute Gasteiger partial charge is 0.467 e. The molecule has 106 valence electrons. The maximum absolute atomic E-state index is 12.2. The van der Waals surface area contributed by atoms with Crippen LogP contribution in [0.3, 0.4) is 0 Å². The van der Waals surface area contributed by atoms with E-state index in [1.165, 1.54) is 25.1 Å². The van der Waals surface area contributed by atoms with Crippen LogP contribution in [0.2, 0.25) is 0 Å². The fourth-order valence-electron chi connectivity index (χ4n) is 1.37. The number of para-hydroxylation sites is 2. The zero-order chi connectivity index (χ0) is 14.5. The molecule has 0 heterocycles. The topological polar surface area (TPSA) is 67.8 Å². The fraction of sp³-hybridized carbons (Fsp3) is 0.417. The molecule has 0 spiro atoms. The summed E-state index contributed by atoms with van der Waals surface area (Å²) in [7, 11) is 1.14. The van der Waals surface area contributed by atoms with Gasteiger partial charge in [-0.1, -0.05) is 12.1 Å². The Balaban J connectivity index is 2.75. The Labute approximate surface area is 109 Å². The van der Waals surface area contributed by atoms with Crippen molar-refractivity contribution in [2.45, 2.75) is 19.1 Å². The van der Waals surface area contributed by atoms with Gasteiger partial charge in [0.05, 0.1) is 19.3 Å². The van der Waals surface area contributed by atoms with Gasteiger partial charge in [0.2, 0.25) is 0 Å². The zero-order valence-electron chi connectivity index (χ0n) is 10.5. The Bertz CT molecular complexity index is 437. The SMILES string of the molecule is COC(=O)C(C)(O)CNc1ccccc1OC(F)F. The van der Waals surface area contributed by atoms with Crippen molar-refractivity contribution >= 4 is 11.7 Å². The second-order valence-electron chi connectivity index (χ2n) is 3.99. The molecular weight excluding hydrogens is 260 g/mol. The van der Waals surface area contributed by atoms with Gasteiger partial charge < -0.3 is 19.9 Å². The van der Waals surface area contributed by atoms with E-state index in [4.69, 9.17) is 0 Å². The Morgan fingerprint density at radius 3 is 2.68 bits per heavy atom. The van der Waals surface area contributed by atoms with Gasteiger partial charge in [0.15, 0.2) is 5.60 Å². The van der Waals surface area contributed by atoms with Crippen molar-refractivity contribution in [3.05, 3.63) is 24.3 Å². The number of anilines is 1. The van der Waals surface area contributed by atoms with E-state index in [9.17, 15) is 18.7 Å². The van der Waals surface area contributed by atoms with Crippen molar-refractivity contribution in [3.8, 4) is 5.75 Å². The molecule has 0 saturated carbocycles. The normalized spacial score (nSPS) is 13.8. The molecule has 5 nitrogen and oxygen atoms in total. The number of alkyl halides is 2. The quantitative estimate of drug-likeness (QED) is 0.772. The van der Waals surface area contributed by atoms with Gasteiger partial charge in [0.25, 0.3) is 0 Å². The Hall–Kier alpha value is -1.89. The Morgan fingerprint density at radius 1 is 1.47 bits per heavy atom. The third-order valence-corrected chi connectivity index (χ3v) is 2.35. The first kappa shape index (κ1) is 15.2. The van der Waals surface area contributed by atoms with Crippen molar-refractivity contribution in [3.63, 3.8) is 0 Å². The van der Waals surface area contributed by atoms with Crippen LogP contribution in [0.25, 0.3) is 0 Å². The number of esters is 1. The van der Waals surface area contributed by atoms with Crippen molar-refractivity contribution in [1.29, 1.82) is 0 Å². The number of ether oxygens (including phenoxy) is 2. The maximum Gasteiger partial charge on any atom is 0.387 e. The summed E-state index contributed by atoms with van der Waals surface area (Å²) in [6.45, 7) is -1.91. The molecule has 0 radical (unpaired) electrons. The number of methoxy groups -OCH3 is 1. The molecular formula is C12H15F2NO4. The number of rotatable bonds is 6. The van der Waals surface area contributed by atoms with Crippen LogP contribution >= 0.6 is 0 Å². The van der Waals surface area contributed by atoms with E-state index in [1.807, 2.05) is 0 Å². The fourth-order valence-corrected chi connectivity index (χ4v) is 1.37. The van der Waals surface area contributed by atoms with Crippen LogP contribution < -0.4 is 10.1 Å². The van der Waals surface area contributed by atoms with Crippen LogP contribution in [0.15, 0.2) is 24.3 Å². The zero-order valence-corrected chi connectivity index (χ0v) is 10.5. The van der Waals surface area contributed by atoms with Crippen molar-refractivity contribution in [1.82, 2.24) is 0 Å². The van der Waals surface area contributed by atoms with Crippen molar-refractivity contribution < 1.29 is 28.2 Å².